The van der Waals surface area contributed by atoms with Crippen molar-refractivity contribution in [1.29, 1.82) is 0 Å². The van der Waals surface area contributed by atoms with Crippen molar-refractivity contribution < 1.29 is 4.79 Å². The highest BCUT2D eigenvalue weighted by molar-refractivity contribution is 7.09. The van der Waals surface area contributed by atoms with E-state index < -0.39 is 0 Å². The summed E-state index contributed by atoms with van der Waals surface area (Å²) in [5, 5.41) is 6.07. The van der Waals surface area contributed by atoms with Crippen molar-refractivity contribution in [3.63, 3.8) is 0 Å². The Kier molecular flexibility index (Phi) is 4.68. The summed E-state index contributed by atoms with van der Waals surface area (Å²) in [5.41, 5.74) is 2.36. The van der Waals surface area contributed by atoms with E-state index in [1.165, 1.54) is 17.1 Å². The number of benzene rings is 1. The Balaban J connectivity index is 1.92. The molecule has 0 radical (unpaired) electrons. The topological polar surface area (TPSA) is 66.9 Å². The lowest BCUT2D eigenvalue weighted by Gasteiger charge is -2.14. The van der Waals surface area contributed by atoms with E-state index in [0.29, 0.717) is 11.0 Å². The third kappa shape index (κ3) is 3.77. The second-order valence-corrected chi connectivity index (χ2v) is 5.31. The average Bonchev–Trinajstić information content (AvgIpc) is 2.84. The summed E-state index contributed by atoms with van der Waals surface area (Å²) in [6.07, 6.45) is 1.01. The van der Waals surface area contributed by atoms with Gasteiger partial charge in [-0.05, 0) is 31.4 Å². The summed E-state index contributed by atoms with van der Waals surface area (Å²) < 4.78 is 4.01. The van der Waals surface area contributed by atoms with E-state index in [2.05, 4.69) is 39.0 Å². The summed E-state index contributed by atoms with van der Waals surface area (Å²) >= 11 is 1.17. The Morgan fingerprint density at radius 3 is 2.60 bits per heavy atom. The van der Waals surface area contributed by atoms with Gasteiger partial charge in [-0.2, -0.15) is 4.37 Å². The number of carbonyl (C=O) groups excluding carboxylic acids is 1. The Hall–Kier alpha value is -1.95. The lowest BCUT2D eigenvalue weighted by Crippen LogP contribution is -2.31. The molecule has 2 amide bonds. The number of aryl methyl sites for hydroxylation is 2. The first-order valence-corrected chi connectivity index (χ1v) is 7.32. The van der Waals surface area contributed by atoms with Crippen molar-refractivity contribution in [2.24, 2.45) is 0 Å². The van der Waals surface area contributed by atoms with Gasteiger partial charge in [0.25, 0.3) is 0 Å². The number of aromatic nitrogens is 2. The number of hydrogen-bond acceptors (Lipinski definition) is 4. The van der Waals surface area contributed by atoms with Gasteiger partial charge in [0.2, 0.25) is 5.13 Å². The Morgan fingerprint density at radius 2 is 2.05 bits per heavy atom. The van der Waals surface area contributed by atoms with Crippen molar-refractivity contribution in [2.45, 2.75) is 33.2 Å². The normalized spacial score (nSPS) is 11.9. The first kappa shape index (κ1) is 14.5. The van der Waals surface area contributed by atoms with Crippen LogP contribution in [0.4, 0.5) is 9.93 Å². The molecule has 2 N–H and O–H groups in total. The van der Waals surface area contributed by atoms with E-state index >= 15 is 0 Å². The molecular weight excluding hydrogens is 272 g/mol. The molecule has 1 heterocycles. The summed E-state index contributed by atoms with van der Waals surface area (Å²) in [4.78, 5) is 15.9. The van der Waals surface area contributed by atoms with Gasteiger partial charge in [-0.1, -0.05) is 31.2 Å². The fourth-order valence-electron chi connectivity index (χ4n) is 1.80. The first-order valence-electron chi connectivity index (χ1n) is 6.55. The average molecular weight is 290 g/mol. The Labute approximate surface area is 122 Å². The lowest BCUT2D eigenvalue weighted by molar-refractivity contribution is 0.249. The second kappa shape index (κ2) is 6.47. The second-order valence-electron chi connectivity index (χ2n) is 4.56. The number of urea groups is 1. The third-order valence-electron chi connectivity index (χ3n) is 2.98. The van der Waals surface area contributed by atoms with Gasteiger partial charge in [0.05, 0.1) is 6.04 Å². The number of carbonyl (C=O) groups is 1. The van der Waals surface area contributed by atoms with Crippen LogP contribution in [0.2, 0.25) is 0 Å². The minimum atomic E-state index is -0.270. The number of nitrogens with zero attached hydrogens (tertiary/aromatic N) is 2. The lowest BCUT2D eigenvalue weighted by atomic mass is 10.1. The monoisotopic (exact) mass is 290 g/mol. The van der Waals surface area contributed by atoms with Gasteiger partial charge < -0.3 is 5.32 Å². The molecule has 0 bridgehead atoms. The Bertz CT molecular complexity index is 579. The van der Waals surface area contributed by atoms with E-state index in [-0.39, 0.29) is 12.1 Å². The summed E-state index contributed by atoms with van der Waals surface area (Å²) in [7, 11) is 0. The van der Waals surface area contributed by atoms with E-state index in [0.717, 1.165) is 12.0 Å². The van der Waals surface area contributed by atoms with Gasteiger partial charge in [-0.3, -0.25) is 5.32 Å². The van der Waals surface area contributed by atoms with Crippen LogP contribution in [0.1, 0.15) is 36.8 Å². The molecule has 1 unspecified atom stereocenters. The molecule has 0 aliphatic carbocycles. The van der Waals surface area contributed by atoms with Gasteiger partial charge in [0.15, 0.2) is 0 Å². The summed E-state index contributed by atoms with van der Waals surface area (Å²) in [6, 6.07) is 7.92. The molecule has 0 saturated heterocycles. The van der Waals surface area contributed by atoms with Crippen LogP contribution in [0, 0.1) is 6.92 Å². The van der Waals surface area contributed by atoms with Crippen LogP contribution >= 0.6 is 11.5 Å². The molecule has 6 heteroatoms. The van der Waals surface area contributed by atoms with Crippen LogP contribution in [0.3, 0.4) is 0 Å². The highest BCUT2D eigenvalue weighted by Gasteiger charge is 2.11. The minimum absolute atomic E-state index is 0.0603. The van der Waals surface area contributed by atoms with Crippen molar-refractivity contribution in [3.8, 4) is 0 Å². The van der Waals surface area contributed by atoms with Crippen molar-refractivity contribution in [1.82, 2.24) is 14.7 Å². The maximum absolute atomic E-state index is 11.8. The van der Waals surface area contributed by atoms with Crippen LogP contribution in [0.5, 0.6) is 0 Å². The molecule has 2 aromatic rings. The molecule has 0 saturated carbocycles. The molecule has 20 heavy (non-hydrogen) atoms. The van der Waals surface area contributed by atoms with Crippen molar-refractivity contribution >= 4 is 22.7 Å². The molecule has 0 aliphatic heterocycles. The first-order chi connectivity index (χ1) is 9.58. The van der Waals surface area contributed by atoms with E-state index in [1.807, 2.05) is 19.1 Å². The molecule has 5 nitrogen and oxygen atoms in total. The van der Waals surface area contributed by atoms with Gasteiger partial charge in [0, 0.05) is 11.5 Å². The molecule has 2 rings (SSSR count). The zero-order valence-electron chi connectivity index (χ0n) is 11.8. The molecule has 0 aliphatic rings. The van der Waals surface area contributed by atoms with Crippen molar-refractivity contribution in [2.75, 3.05) is 5.32 Å². The minimum Gasteiger partial charge on any atom is -0.331 e. The SMILES string of the molecule is CCc1ccc(C(C)NC(=O)Nc2nc(C)ns2)cc1. The predicted octanol–water partition coefficient (Wildman–Crippen LogP) is 3.29. The van der Waals surface area contributed by atoms with Crippen LogP contribution in [0.15, 0.2) is 24.3 Å². The highest BCUT2D eigenvalue weighted by Crippen LogP contribution is 2.15. The van der Waals surface area contributed by atoms with Gasteiger partial charge in [-0.15, -0.1) is 0 Å². The van der Waals surface area contributed by atoms with Crippen LogP contribution in [0.25, 0.3) is 0 Å². The maximum atomic E-state index is 11.8. The van der Waals surface area contributed by atoms with E-state index in [4.69, 9.17) is 0 Å². The molecule has 0 spiro atoms. The fourth-order valence-corrected chi connectivity index (χ4v) is 2.37. The molecule has 1 atom stereocenters. The predicted molar refractivity (Wildman–Crippen MR) is 81.0 cm³/mol. The summed E-state index contributed by atoms with van der Waals surface area (Å²) in [6.45, 7) is 5.86. The maximum Gasteiger partial charge on any atom is 0.321 e. The number of anilines is 1. The van der Waals surface area contributed by atoms with Gasteiger partial charge in [0.1, 0.15) is 5.82 Å². The van der Waals surface area contributed by atoms with Crippen LogP contribution in [-0.2, 0) is 6.42 Å². The Morgan fingerprint density at radius 1 is 1.35 bits per heavy atom. The quantitative estimate of drug-likeness (QED) is 0.908. The van der Waals surface area contributed by atoms with Gasteiger partial charge in [-0.25, -0.2) is 9.78 Å². The fraction of sp³-hybridized carbons (Fsp3) is 0.357. The molecular formula is C14H18N4OS. The van der Waals surface area contributed by atoms with E-state index in [1.54, 1.807) is 6.92 Å². The highest BCUT2D eigenvalue weighted by atomic mass is 32.1. The smallest absolute Gasteiger partial charge is 0.321 e. The molecule has 106 valence electrons. The summed E-state index contributed by atoms with van der Waals surface area (Å²) in [5.74, 6) is 0.661. The molecule has 1 aromatic heterocycles. The van der Waals surface area contributed by atoms with Crippen molar-refractivity contribution in [3.05, 3.63) is 41.2 Å². The molecule has 0 fully saturated rings. The zero-order valence-corrected chi connectivity index (χ0v) is 12.6. The largest absolute Gasteiger partial charge is 0.331 e. The standard InChI is InChI=1S/C14H18N4OS/c1-4-11-5-7-12(8-6-11)9(2)15-13(19)17-14-16-10(3)18-20-14/h5-9H,4H2,1-3H3,(H2,15,16,17,18,19). The van der Waals surface area contributed by atoms with Crippen LogP contribution < -0.4 is 10.6 Å². The number of hydrogen-bond donors (Lipinski definition) is 2. The van der Waals surface area contributed by atoms with E-state index in [9.17, 15) is 4.79 Å². The van der Waals surface area contributed by atoms with Gasteiger partial charge >= 0.3 is 6.03 Å². The number of rotatable bonds is 4. The third-order valence-corrected chi connectivity index (χ3v) is 3.71. The number of amides is 2. The zero-order chi connectivity index (χ0) is 14.5. The van der Waals surface area contributed by atoms with Crippen LogP contribution in [-0.4, -0.2) is 15.4 Å². The molecule has 1 aromatic carbocycles. The number of nitrogens with one attached hydrogen (secondary N) is 2.